The number of thiocarbonyl (C=S) groups is 1. The molecule has 29 heavy (non-hydrogen) atoms. The van der Waals surface area contributed by atoms with Crippen molar-refractivity contribution < 1.29 is 9.13 Å². The first kappa shape index (κ1) is 21.6. The summed E-state index contributed by atoms with van der Waals surface area (Å²) in [5.74, 6) is 0.414. The Kier molecular flexibility index (Phi) is 7.47. The third kappa shape index (κ3) is 5.92. The maximum Gasteiger partial charge on any atom is 0.174 e. The first-order valence-corrected chi connectivity index (χ1v) is 10.4. The van der Waals surface area contributed by atoms with Crippen LogP contribution in [0.3, 0.4) is 0 Å². The summed E-state index contributed by atoms with van der Waals surface area (Å²) in [7, 11) is 1.62. The highest BCUT2D eigenvalue weighted by atomic mass is 79.9. The number of nitrogens with zero attached hydrogens (tertiary/aromatic N) is 1. The van der Waals surface area contributed by atoms with E-state index < -0.39 is 0 Å². The molecule has 0 fully saturated rings. The lowest BCUT2D eigenvalue weighted by molar-refractivity contribution is 0.400. The van der Waals surface area contributed by atoms with E-state index in [1.54, 1.807) is 19.2 Å². The summed E-state index contributed by atoms with van der Waals surface area (Å²) in [6, 6.07) is 20.0. The van der Waals surface area contributed by atoms with E-state index >= 15 is 0 Å². The van der Waals surface area contributed by atoms with Crippen LogP contribution in [-0.4, -0.2) is 17.1 Å². The summed E-state index contributed by atoms with van der Waals surface area (Å²) in [5, 5.41) is 4.06. The molecule has 3 nitrogen and oxygen atoms in total. The zero-order valence-electron chi connectivity index (χ0n) is 15.7. The lowest BCUT2D eigenvalue weighted by atomic mass is 10.1. The summed E-state index contributed by atoms with van der Waals surface area (Å²) in [5.41, 5.74) is 2.26. The van der Waals surface area contributed by atoms with E-state index in [1.165, 1.54) is 6.07 Å². The molecule has 0 aliphatic rings. The Morgan fingerprint density at radius 3 is 2.38 bits per heavy atom. The molecule has 150 valence electrons. The molecule has 0 amide bonds. The van der Waals surface area contributed by atoms with Gasteiger partial charge in [0, 0.05) is 33.8 Å². The van der Waals surface area contributed by atoms with Gasteiger partial charge in [-0.25, -0.2) is 4.39 Å². The van der Waals surface area contributed by atoms with Gasteiger partial charge < -0.3 is 15.0 Å². The SMILES string of the molecule is COc1ccc(CN(Cc2c(F)cccc2Cl)C(=S)Nc2ccc(Br)cc2)cc1. The second kappa shape index (κ2) is 10.1. The molecular formula is C22H19BrClFN2OS. The van der Waals surface area contributed by atoms with Gasteiger partial charge in [-0.1, -0.05) is 45.7 Å². The van der Waals surface area contributed by atoms with Crippen LogP contribution in [0.25, 0.3) is 0 Å². The minimum atomic E-state index is -0.358. The highest BCUT2D eigenvalue weighted by Gasteiger charge is 2.16. The zero-order valence-corrected chi connectivity index (χ0v) is 18.8. The molecule has 0 aliphatic carbocycles. The number of benzene rings is 3. The normalized spacial score (nSPS) is 10.5. The van der Waals surface area contributed by atoms with Crippen LogP contribution >= 0.6 is 39.7 Å². The number of ether oxygens (including phenoxy) is 1. The smallest absolute Gasteiger partial charge is 0.174 e. The Hall–Kier alpha value is -2.15. The Bertz CT molecular complexity index is 963. The molecule has 0 saturated heterocycles. The van der Waals surface area contributed by atoms with Gasteiger partial charge in [-0.05, 0) is 66.3 Å². The molecule has 0 aromatic heterocycles. The van der Waals surface area contributed by atoms with Crippen LogP contribution in [-0.2, 0) is 13.1 Å². The third-order valence-corrected chi connectivity index (χ3v) is 5.57. The van der Waals surface area contributed by atoms with Crippen molar-refractivity contribution in [1.29, 1.82) is 0 Å². The second-order valence-corrected chi connectivity index (χ2v) is 8.05. The van der Waals surface area contributed by atoms with Gasteiger partial charge in [-0.3, -0.25) is 0 Å². The predicted octanol–water partition coefficient (Wildman–Crippen LogP) is 6.65. The van der Waals surface area contributed by atoms with Gasteiger partial charge in [0.25, 0.3) is 0 Å². The van der Waals surface area contributed by atoms with E-state index in [9.17, 15) is 4.39 Å². The lowest BCUT2D eigenvalue weighted by Crippen LogP contribution is -2.34. The highest BCUT2D eigenvalue weighted by molar-refractivity contribution is 9.10. The molecule has 3 aromatic rings. The largest absolute Gasteiger partial charge is 0.497 e. The average Bonchev–Trinajstić information content (AvgIpc) is 2.72. The van der Waals surface area contributed by atoms with Gasteiger partial charge in [0.05, 0.1) is 7.11 Å². The Morgan fingerprint density at radius 1 is 1.07 bits per heavy atom. The van der Waals surface area contributed by atoms with Crippen molar-refractivity contribution in [3.05, 3.63) is 93.2 Å². The van der Waals surface area contributed by atoms with E-state index in [4.69, 9.17) is 28.6 Å². The van der Waals surface area contributed by atoms with Crippen LogP contribution in [0.15, 0.2) is 71.2 Å². The topological polar surface area (TPSA) is 24.5 Å². The van der Waals surface area contributed by atoms with Crippen molar-refractivity contribution in [1.82, 2.24) is 4.90 Å². The van der Waals surface area contributed by atoms with Crippen molar-refractivity contribution >= 4 is 50.5 Å². The number of halogens is 3. The molecule has 0 bridgehead atoms. The molecular weight excluding hydrogens is 475 g/mol. The molecule has 0 spiro atoms. The maximum atomic E-state index is 14.4. The fourth-order valence-corrected chi connectivity index (χ4v) is 3.49. The average molecular weight is 494 g/mol. The van der Waals surface area contributed by atoms with Crippen LogP contribution in [0.4, 0.5) is 10.1 Å². The zero-order chi connectivity index (χ0) is 20.8. The van der Waals surface area contributed by atoms with Crippen LogP contribution in [0, 0.1) is 5.82 Å². The number of methoxy groups -OCH3 is 1. The standard InChI is InChI=1S/C22H19BrClFN2OS/c1-28-18-11-5-15(6-12-18)13-27(14-19-20(24)3-2-4-21(19)25)22(29)26-17-9-7-16(23)8-10-17/h2-12H,13-14H2,1H3,(H,26,29). The van der Waals surface area contributed by atoms with Gasteiger partial charge in [0.1, 0.15) is 11.6 Å². The molecule has 0 saturated carbocycles. The van der Waals surface area contributed by atoms with E-state index in [-0.39, 0.29) is 12.4 Å². The van der Waals surface area contributed by atoms with E-state index in [2.05, 4.69) is 21.2 Å². The van der Waals surface area contributed by atoms with Crippen LogP contribution in [0.1, 0.15) is 11.1 Å². The molecule has 0 atom stereocenters. The number of hydrogen-bond donors (Lipinski definition) is 1. The van der Waals surface area contributed by atoms with Crippen molar-refractivity contribution in [2.75, 3.05) is 12.4 Å². The van der Waals surface area contributed by atoms with Gasteiger partial charge in [-0.2, -0.15) is 0 Å². The quantitative estimate of drug-likeness (QED) is 0.389. The fraction of sp³-hybridized carbons (Fsp3) is 0.136. The minimum Gasteiger partial charge on any atom is -0.497 e. The monoisotopic (exact) mass is 492 g/mol. The van der Waals surface area contributed by atoms with Crippen molar-refractivity contribution in [2.24, 2.45) is 0 Å². The van der Waals surface area contributed by atoms with Crippen LogP contribution in [0.5, 0.6) is 5.75 Å². The molecule has 0 aliphatic heterocycles. The van der Waals surface area contributed by atoms with Crippen LogP contribution in [0.2, 0.25) is 5.02 Å². The third-order valence-electron chi connectivity index (χ3n) is 4.33. The summed E-state index contributed by atoms with van der Waals surface area (Å²) in [6.07, 6.45) is 0. The first-order chi connectivity index (χ1) is 14.0. The summed E-state index contributed by atoms with van der Waals surface area (Å²) >= 11 is 15.3. The predicted molar refractivity (Wildman–Crippen MR) is 124 cm³/mol. The Labute approximate surface area is 188 Å². The molecule has 1 N–H and O–H groups in total. The van der Waals surface area contributed by atoms with Gasteiger partial charge in [0.15, 0.2) is 5.11 Å². The molecule has 0 radical (unpaired) electrons. The fourth-order valence-electron chi connectivity index (χ4n) is 2.76. The molecule has 3 rings (SSSR count). The maximum absolute atomic E-state index is 14.4. The molecule has 0 unspecified atom stereocenters. The number of nitrogens with one attached hydrogen (secondary N) is 1. The summed E-state index contributed by atoms with van der Waals surface area (Å²) in [6.45, 7) is 0.719. The van der Waals surface area contributed by atoms with E-state index in [1.807, 2.05) is 53.4 Å². The first-order valence-electron chi connectivity index (χ1n) is 8.83. The van der Waals surface area contributed by atoms with Crippen molar-refractivity contribution in [3.8, 4) is 5.75 Å². The molecule has 7 heteroatoms. The van der Waals surface area contributed by atoms with Crippen molar-refractivity contribution in [3.63, 3.8) is 0 Å². The Morgan fingerprint density at radius 2 is 1.76 bits per heavy atom. The molecule has 3 aromatic carbocycles. The number of hydrogen-bond acceptors (Lipinski definition) is 2. The van der Waals surface area contributed by atoms with Crippen LogP contribution < -0.4 is 10.1 Å². The Balaban J connectivity index is 1.84. The lowest BCUT2D eigenvalue weighted by Gasteiger charge is -2.27. The van der Waals surface area contributed by atoms with E-state index in [0.717, 1.165) is 21.5 Å². The number of rotatable bonds is 6. The van der Waals surface area contributed by atoms with Crippen molar-refractivity contribution in [2.45, 2.75) is 13.1 Å². The van der Waals surface area contributed by atoms with Gasteiger partial charge in [-0.15, -0.1) is 0 Å². The summed E-state index contributed by atoms with van der Waals surface area (Å²) in [4.78, 5) is 1.88. The minimum absolute atomic E-state index is 0.236. The van der Waals surface area contributed by atoms with Gasteiger partial charge >= 0.3 is 0 Å². The highest BCUT2D eigenvalue weighted by Crippen LogP contribution is 2.23. The van der Waals surface area contributed by atoms with E-state index in [0.29, 0.717) is 22.2 Å². The second-order valence-electron chi connectivity index (χ2n) is 6.34. The van der Waals surface area contributed by atoms with Gasteiger partial charge in [0.2, 0.25) is 0 Å². The molecule has 0 heterocycles. The summed E-state index contributed by atoms with van der Waals surface area (Å²) < 4.78 is 20.6. The number of anilines is 1.